The van der Waals surface area contributed by atoms with E-state index in [1.54, 1.807) is 11.8 Å². The van der Waals surface area contributed by atoms with Gasteiger partial charge in [-0.15, -0.1) is 0 Å². The van der Waals surface area contributed by atoms with Gasteiger partial charge in [-0.3, -0.25) is 0 Å². The molecule has 0 saturated heterocycles. The Balaban J connectivity index is 2.66. The van der Waals surface area contributed by atoms with Crippen molar-refractivity contribution in [2.45, 2.75) is 13.8 Å². The molecule has 0 fully saturated rings. The molecule has 2 rings (SSSR count). The fourth-order valence-corrected chi connectivity index (χ4v) is 1.84. The molecule has 0 amide bonds. The molecule has 0 unspecified atom stereocenters. The van der Waals surface area contributed by atoms with Crippen LogP contribution < -0.4 is 4.74 Å². The third kappa shape index (κ3) is 1.76. The van der Waals surface area contributed by atoms with Gasteiger partial charge in [-0.1, -0.05) is 12.1 Å². The fraction of sp³-hybridized carbons (Fsp3) is 0.231. The summed E-state index contributed by atoms with van der Waals surface area (Å²) < 4.78 is 7.04. The fourth-order valence-electron chi connectivity index (χ4n) is 1.84. The van der Waals surface area contributed by atoms with Gasteiger partial charge in [0.15, 0.2) is 0 Å². The number of hydrogen-bond acceptors (Lipinski definition) is 3. The second kappa shape index (κ2) is 4.30. The number of aryl methyl sites for hydroxylation is 1. The van der Waals surface area contributed by atoms with Gasteiger partial charge in [0.2, 0.25) is 0 Å². The van der Waals surface area contributed by atoms with Crippen molar-refractivity contribution in [3.05, 3.63) is 41.2 Å². The third-order valence-corrected chi connectivity index (χ3v) is 2.72. The lowest BCUT2D eigenvalue weighted by molar-refractivity contribution is 0.411. The summed E-state index contributed by atoms with van der Waals surface area (Å²) in [6, 6.07) is 9.77. The number of ether oxygens (including phenoxy) is 1. The minimum Gasteiger partial charge on any atom is -0.494 e. The van der Waals surface area contributed by atoms with Crippen molar-refractivity contribution in [2.24, 2.45) is 0 Å². The van der Waals surface area contributed by atoms with Crippen molar-refractivity contribution in [1.29, 1.82) is 5.26 Å². The van der Waals surface area contributed by atoms with Crippen molar-refractivity contribution in [2.75, 3.05) is 7.11 Å². The Hall–Kier alpha value is -2.28. The van der Waals surface area contributed by atoms with Crippen molar-refractivity contribution in [1.82, 2.24) is 9.78 Å². The molecule has 0 aliphatic rings. The number of benzene rings is 1. The summed E-state index contributed by atoms with van der Waals surface area (Å²) in [6.07, 6.45) is 0. The summed E-state index contributed by atoms with van der Waals surface area (Å²) in [7, 11) is 1.62. The highest BCUT2D eigenvalue weighted by Crippen LogP contribution is 2.24. The number of rotatable bonds is 2. The van der Waals surface area contributed by atoms with E-state index in [1.807, 2.05) is 38.1 Å². The zero-order chi connectivity index (χ0) is 12.4. The smallest absolute Gasteiger partial charge is 0.144 e. The van der Waals surface area contributed by atoms with Gasteiger partial charge in [-0.05, 0) is 26.0 Å². The highest BCUT2D eigenvalue weighted by atomic mass is 16.5. The Morgan fingerprint density at radius 1 is 1.29 bits per heavy atom. The molecule has 4 nitrogen and oxygen atoms in total. The summed E-state index contributed by atoms with van der Waals surface area (Å²) in [5, 5.41) is 13.4. The largest absolute Gasteiger partial charge is 0.494 e. The molecule has 0 radical (unpaired) electrons. The SMILES string of the molecule is COc1ccccc1-n1nc(C)c(C#N)c1C. The van der Waals surface area contributed by atoms with Crippen LogP contribution in [0.2, 0.25) is 0 Å². The Labute approximate surface area is 100 Å². The van der Waals surface area contributed by atoms with E-state index >= 15 is 0 Å². The minimum absolute atomic E-state index is 0.621. The van der Waals surface area contributed by atoms with Gasteiger partial charge >= 0.3 is 0 Å². The number of nitriles is 1. The van der Waals surface area contributed by atoms with Crippen molar-refractivity contribution < 1.29 is 4.74 Å². The van der Waals surface area contributed by atoms with Gasteiger partial charge in [0, 0.05) is 0 Å². The quantitative estimate of drug-likeness (QED) is 0.791. The average molecular weight is 227 g/mol. The van der Waals surface area contributed by atoms with Gasteiger partial charge in [-0.25, -0.2) is 4.68 Å². The van der Waals surface area contributed by atoms with E-state index in [2.05, 4.69) is 11.2 Å². The molecule has 4 heteroatoms. The molecule has 0 bridgehead atoms. The highest BCUT2D eigenvalue weighted by molar-refractivity contribution is 5.50. The van der Waals surface area contributed by atoms with Crippen LogP contribution in [0.3, 0.4) is 0 Å². The molecule has 1 aromatic carbocycles. The molecule has 0 aliphatic heterocycles. The molecule has 0 saturated carbocycles. The Morgan fingerprint density at radius 3 is 2.59 bits per heavy atom. The molecule has 1 aromatic heterocycles. The molecule has 1 heterocycles. The molecule has 0 N–H and O–H groups in total. The van der Waals surface area contributed by atoms with Gasteiger partial charge in [0.25, 0.3) is 0 Å². The van der Waals surface area contributed by atoms with Crippen LogP contribution in [-0.2, 0) is 0 Å². The molecule has 0 aliphatic carbocycles. The Morgan fingerprint density at radius 2 is 2.00 bits per heavy atom. The van der Waals surface area contributed by atoms with Crippen LogP contribution in [0.4, 0.5) is 0 Å². The van der Waals surface area contributed by atoms with Gasteiger partial charge in [0.05, 0.1) is 24.1 Å². The van der Waals surface area contributed by atoms with E-state index in [1.165, 1.54) is 0 Å². The summed E-state index contributed by atoms with van der Waals surface area (Å²) in [6.45, 7) is 3.71. The number of nitrogens with zero attached hydrogens (tertiary/aromatic N) is 3. The predicted octanol–water partition coefficient (Wildman–Crippen LogP) is 2.37. The number of methoxy groups -OCH3 is 1. The first-order chi connectivity index (χ1) is 8.19. The van der Waals surface area contributed by atoms with Crippen LogP contribution in [0, 0.1) is 25.2 Å². The predicted molar refractivity (Wildman–Crippen MR) is 64.3 cm³/mol. The normalized spacial score (nSPS) is 10.0. The number of hydrogen-bond donors (Lipinski definition) is 0. The summed E-state index contributed by atoms with van der Waals surface area (Å²) in [4.78, 5) is 0. The maximum absolute atomic E-state index is 9.05. The zero-order valence-corrected chi connectivity index (χ0v) is 10.1. The van der Waals surface area contributed by atoms with Crippen LogP contribution in [0.15, 0.2) is 24.3 Å². The summed E-state index contributed by atoms with van der Waals surface area (Å²) in [5.74, 6) is 0.739. The zero-order valence-electron chi connectivity index (χ0n) is 10.1. The van der Waals surface area contributed by atoms with Crippen molar-refractivity contribution in [3.8, 4) is 17.5 Å². The maximum atomic E-state index is 9.05. The van der Waals surface area contributed by atoms with Crippen LogP contribution in [0.5, 0.6) is 5.75 Å². The van der Waals surface area contributed by atoms with Crippen LogP contribution in [0.1, 0.15) is 17.0 Å². The van der Waals surface area contributed by atoms with Gasteiger partial charge in [0.1, 0.15) is 17.5 Å². The highest BCUT2D eigenvalue weighted by Gasteiger charge is 2.14. The lowest BCUT2D eigenvalue weighted by Crippen LogP contribution is -2.01. The van der Waals surface area contributed by atoms with Crippen LogP contribution in [0.25, 0.3) is 5.69 Å². The second-order valence-electron chi connectivity index (χ2n) is 3.74. The molecule has 2 aromatic rings. The van der Waals surface area contributed by atoms with Gasteiger partial charge < -0.3 is 4.74 Å². The molecule has 17 heavy (non-hydrogen) atoms. The Kier molecular flexibility index (Phi) is 2.84. The molecular weight excluding hydrogens is 214 g/mol. The third-order valence-electron chi connectivity index (χ3n) is 2.72. The Bertz CT molecular complexity index is 593. The summed E-state index contributed by atoms with van der Waals surface area (Å²) in [5.41, 5.74) is 3.03. The summed E-state index contributed by atoms with van der Waals surface area (Å²) >= 11 is 0. The van der Waals surface area contributed by atoms with E-state index in [0.717, 1.165) is 22.8 Å². The van der Waals surface area contributed by atoms with Crippen LogP contribution in [-0.4, -0.2) is 16.9 Å². The van der Waals surface area contributed by atoms with E-state index in [-0.39, 0.29) is 0 Å². The van der Waals surface area contributed by atoms with Crippen LogP contribution >= 0.6 is 0 Å². The standard InChI is InChI=1S/C13H13N3O/c1-9-11(8-14)10(2)16(15-9)12-6-4-5-7-13(12)17-3/h4-7H,1-3H3. The molecule has 0 spiro atoms. The monoisotopic (exact) mass is 227 g/mol. The molecule has 86 valence electrons. The van der Waals surface area contributed by atoms with E-state index in [9.17, 15) is 0 Å². The van der Waals surface area contributed by atoms with E-state index in [0.29, 0.717) is 5.56 Å². The first-order valence-electron chi connectivity index (χ1n) is 5.28. The lowest BCUT2D eigenvalue weighted by atomic mass is 10.2. The number of aromatic nitrogens is 2. The first kappa shape index (κ1) is 11.2. The van der Waals surface area contributed by atoms with Gasteiger partial charge in [-0.2, -0.15) is 10.4 Å². The average Bonchev–Trinajstić information content (AvgIpc) is 2.64. The first-order valence-corrected chi connectivity index (χ1v) is 5.28. The number of para-hydroxylation sites is 2. The topological polar surface area (TPSA) is 50.8 Å². The minimum atomic E-state index is 0.621. The van der Waals surface area contributed by atoms with E-state index < -0.39 is 0 Å². The molecular formula is C13H13N3O. The molecule has 0 atom stereocenters. The van der Waals surface area contributed by atoms with Crippen molar-refractivity contribution in [3.63, 3.8) is 0 Å². The maximum Gasteiger partial charge on any atom is 0.144 e. The van der Waals surface area contributed by atoms with Crippen molar-refractivity contribution >= 4 is 0 Å². The van der Waals surface area contributed by atoms with E-state index in [4.69, 9.17) is 10.00 Å². The lowest BCUT2D eigenvalue weighted by Gasteiger charge is -2.09. The second-order valence-corrected chi connectivity index (χ2v) is 3.74.